The van der Waals surface area contributed by atoms with E-state index >= 15 is 0 Å². The molecule has 0 unspecified atom stereocenters. The molecule has 29 heavy (non-hydrogen) atoms. The Labute approximate surface area is 166 Å². The highest BCUT2D eigenvalue weighted by molar-refractivity contribution is 6.30. The minimum absolute atomic E-state index is 0.291. The smallest absolute Gasteiger partial charge is 0.417 e. The molecule has 154 valence electrons. The number of nitrogens with zero attached hydrogens (tertiary/aromatic N) is 1. The molecule has 1 aliphatic rings. The van der Waals surface area contributed by atoms with Crippen LogP contribution in [0.15, 0.2) is 35.3 Å². The third-order valence-corrected chi connectivity index (χ3v) is 4.01. The van der Waals surface area contributed by atoms with Crippen LogP contribution in [0, 0.1) is 0 Å². The summed E-state index contributed by atoms with van der Waals surface area (Å²) in [5.41, 5.74) is -1.91. The predicted octanol–water partition coefficient (Wildman–Crippen LogP) is 2.64. The number of amides is 3. The molecule has 3 rings (SSSR count). The molecule has 1 aromatic carbocycles. The van der Waals surface area contributed by atoms with Crippen molar-refractivity contribution in [3.63, 3.8) is 0 Å². The monoisotopic (exact) mass is 431 g/mol. The number of benzene rings is 1. The number of alkyl halides is 3. The Morgan fingerprint density at radius 1 is 1.14 bits per heavy atom. The first-order chi connectivity index (χ1) is 13.6. The number of fused-ring (bicyclic) bond motifs is 1. The Morgan fingerprint density at radius 2 is 1.83 bits per heavy atom. The number of halogens is 4. The average molecular weight is 432 g/mol. The van der Waals surface area contributed by atoms with Crippen molar-refractivity contribution in [2.45, 2.75) is 12.7 Å². The maximum atomic E-state index is 12.8. The van der Waals surface area contributed by atoms with Crippen LogP contribution in [0.25, 0.3) is 0 Å². The van der Waals surface area contributed by atoms with E-state index in [-0.39, 0.29) is 0 Å². The number of urea groups is 1. The van der Waals surface area contributed by atoms with E-state index in [4.69, 9.17) is 21.1 Å². The molecule has 2 aromatic rings. The molecule has 3 amide bonds. The summed E-state index contributed by atoms with van der Waals surface area (Å²) in [6.07, 6.45) is -4.31. The van der Waals surface area contributed by atoms with Gasteiger partial charge in [-0.2, -0.15) is 13.2 Å². The number of ether oxygens (including phenoxy) is 2. The van der Waals surface area contributed by atoms with E-state index in [0.717, 1.165) is 0 Å². The van der Waals surface area contributed by atoms with Gasteiger partial charge in [-0.15, -0.1) is 0 Å². The zero-order chi connectivity index (χ0) is 21.2. The Bertz CT molecular complexity index is 1020. The highest BCUT2D eigenvalue weighted by Gasteiger charge is 2.32. The fourth-order valence-corrected chi connectivity index (χ4v) is 2.70. The lowest BCUT2D eigenvalue weighted by Crippen LogP contribution is -2.38. The number of nitrogens with one attached hydrogen (secondary N) is 2. The molecule has 1 aromatic heterocycles. The highest BCUT2D eigenvalue weighted by atomic mass is 35.5. The maximum Gasteiger partial charge on any atom is 0.417 e. The van der Waals surface area contributed by atoms with Gasteiger partial charge < -0.3 is 19.4 Å². The van der Waals surface area contributed by atoms with Gasteiger partial charge >= 0.3 is 12.2 Å². The molecular weight excluding hydrogens is 419 g/mol. The number of hydrogen-bond donors (Lipinski definition) is 2. The van der Waals surface area contributed by atoms with Crippen LogP contribution in [0.3, 0.4) is 0 Å². The second-order valence-electron chi connectivity index (χ2n) is 5.87. The lowest BCUT2D eigenvalue weighted by molar-refractivity contribution is -0.138. The zero-order valence-electron chi connectivity index (χ0n) is 14.5. The summed E-state index contributed by atoms with van der Waals surface area (Å²) in [7, 11) is 0. The van der Waals surface area contributed by atoms with Gasteiger partial charge in [-0.3, -0.25) is 14.9 Å². The highest BCUT2D eigenvalue weighted by Crippen LogP contribution is 2.32. The second kappa shape index (κ2) is 8.03. The predicted molar refractivity (Wildman–Crippen MR) is 95.3 cm³/mol. The van der Waals surface area contributed by atoms with Crippen LogP contribution in [0.1, 0.15) is 5.56 Å². The van der Waals surface area contributed by atoms with E-state index in [9.17, 15) is 27.6 Å². The number of aromatic nitrogens is 1. The van der Waals surface area contributed by atoms with Gasteiger partial charge in [0.1, 0.15) is 24.8 Å². The Morgan fingerprint density at radius 3 is 2.52 bits per heavy atom. The van der Waals surface area contributed by atoms with Crippen LogP contribution < -0.4 is 25.7 Å². The van der Waals surface area contributed by atoms with Crippen molar-refractivity contribution in [1.29, 1.82) is 0 Å². The quantitative estimate of drug-likeness (QED) is 0.778. The molecule has 1 aliphatic heterocycles. The third kappa shape index (κ3) is 4.99. The lowest BCUT2D eigenvalue weighted by Gasteiger charge is -2.19. The Kier molecular flexibility index (Phi) is 5.69. The van der Waals surface area contributed by atoms with Crippen LogP contribution in [-0.4, -0.2) is 29.7 Å². The molecule has 0 saturated carbocycles. The van der Waals surface area contributed by atoms with Crippen LogP contribution in [0.4, 0.5) is 23.7 Å². The van der Waals surface area contributed by atoms with E-state index in [1.807, 2.05) is 5.32 Å². The van der Waals surface area contributed by atoms with Crippen molar-refractivity contribution in [3.8, 4) is 11.5 Å². The summed E-state index contributed by atoms with van der Waals surface area (Å²) in [5, 5.41) is 3.59. The van der Waals surface area contributed by atoms with Gasteiger partial charge in [-0.1, -0.05) is 11.6 Å². The van der Waals surface area contributed by atoms with E-state index < -0.39 is 40.8 Å². The van der Waals surface area contributed by atoms with Crippen LogP contribution >= 0.6 is 11.6 Å². The van der Waals surface area contributed by atoms with E-state index in [0.29, 0.717) is 47.2 Å². The minimum atomic E-state index is -4.76. The van der Waals surface area contributed by atoms with Gasteiger partial charge in [0.2, 0.25) is 5.91 Å². The molecule has 0 radical (unpaired) electrons. The van der Waals surface area contributed by atoms with Gasteiger partial charge in [-0.05, 0) is 18.2 Å². The fraction of sp³-hybridized carbons (Fsp3) is 0.235. The molecule has 12 heteroatoms. The van der Waals surface area contributed by atoms with Crippen molar-refractivity contribution in [2.75, 3.05) is 18.5 Å². The summed E-state index contributed by atoms with van der Waals surface area (Å²) in [6, 6.07) is 4.07. The van der Waals surface area contributed by atoms with Crippen LogP contribution in [-0.2, 0) is 17.5 Å². The average Bonchev–Trinajstić information content (AvgIpc) is 2.64. The van der Waals surface area contributed by atoms with Gasteiger partial charge in [0.15, 0.2) is 11.5 Å². The summed E-state index contributed by atoms with van der Waals surface area (Å²) in [5.74, 6) is -0.109. The molecule has 0 fully saturated rings. The first-order valence-electron chi connectivity index (χ1n) is 8.11. The molecule has 0 aliphatic carbocycles. The van der Waals surface area contributed by atoms with Gasteiger partial charge in [0.25, 0.3) is 5.56 Å². The van der Waals surface area contributed by atoms with E-state index in [1.54, 1.807) is 6.07 Å². The molecule has 2 N–H and O–H groups in total. The van der Waals surface area contributed by atoms with Crippen molar-refractivity contribution < 1.29 is 32.2 Å². The van der Waals surface area contributed by atoms with E-state index in [2.05, 4.69) is 5.32 Å². The summed E-state index contributed by atoms with van der Waals surface area (Å²) >= 11 is 5.51. The molecule has 0 atom stereocenters. The van der Waals surface area contributed by atoms with Gasteiger partial charge in [0.05, 0.1) is 5.56 Å². The third-order valence-electron chi connectivity index (χ3n) is 3.74. The van der Waals surface area contributed by atoms with Gasteiger partial charge in [0, 0.05) is 18.0 Å². The number of hydrogen-bond acceptors (Lipinski definition) is 5. The van der Waals surface area contributed by atoms with Crippen LogP contribution in [0.2, 0.25) is 5.02 Å². The van der Waals surface area contributed by atoms with E-state index in [1.165, 1.54) is 12.1 Å². The van der Waals surface area contributed by atoms with Crippen molar-refractivity contribution in [2.24, 2.45) is 0 Å². The number of carbonyl (C=O) groups is 2. The standard InChI is InChI=1S/C17H13ClF3N3O5/c18-11-5-9(17(19,20)21)7-24(15(11)26)8-14(25)23-16(27)22-10-1-2-12-13(6-10)29-4-3-28-12/h1-2,5-7H,3-4,8H2,(H2,22,23,25,27). The van der Waals surface area contributed by atoms with Crippen molar-refractivity contribution in [3.05, 3.63) is 51.4 Å². The molecule has 0 bridgehead atoms. The molecule has 0 spiro atoms. The minimum Gasteiger partial charge on any atom is -0.486 e. The second-order valence-corrected chi connectivity index (χ2v) is 6.28. The number of imide groups is 1. The van der Waals surface area contributed by atoms with Gasteiger partial charge in [-0.25, -0.2) is 4.79 Å². The first-order valence-corrected chi connectivity index (χ1v) is 8.49. The Balaban J connectivity index is 1.66. The largest absolute Gasteiger partial charge is 0.486 e. The Hall–Kier alpha value is -3.21. The number of pyridine rings is 1. The summed E-state index contributed by atoms with van der Waals surface area (Å²) in [6.45, 7) is -0.0971. The number of anilines is 1. The topological polar surface area (TPSA) is 98.7 Å². The normalized spacial score (nSPS) is 13.0. The van der Waals surface area contributed by atoms with Crippen molar-refractivity contribution >= 4 is 29.2 Å². The lowest BCUT2D eigenvalue weighted by atomic mass is 10.2. The first kappa shape index (κ1) is 20.5. The molecule has 0 saturated heterocycles. The SMILES string of the molecule is O=C(Cn1cc(C(F)(F)F)cc(Cl)c1=O)NC(=O)Nc1ccc2c(c1)OCCO2. The number of rotatable bonds is 3. The zero-order valence-corrected chi connectivity index (χ0v) is 15.3. The summed E-state index contributed by atoms with van der Waals surface area (Å²) < 4.78 is 49.7. The number of carbonyl (C=O) groups excluding carboxylic acids is 2. The molecule has 8 nitrogen and oxygen atoms in total. The summed E-state index contributed by atoms with van der Waals surface area (Å²) in [4.78, 5) is 35.8. The molecule has 2 heterocycles. The maximum absolute atomic E-state index is 12.8. The fourth-order valence-electron chi connectivity index (χ4n) is 2.48. The van der Waals surface area contributed by atoms with Crippen molar-refractivity contribution in [1.82, 2.24) is 9.88 Å². The molecular formula is C17H13ClF3N3O5. The van der Waals surface area contributed by atoms with Crippen LogP contribution in [0.5, 0.6) is 11.5 Å².